The molecule has 0 aromatic heterocycles. The van der Waals surface area contributed by atoms with Gasteiger partial charge < -0.3 is 19.2 Å². The molecule has 1 unspecified atom stereocenters. The van der Waals surface area contributed by atoms with Crippen LogP contribution in [0.3, 0.4) is 0 Å². The lowest BCUT2D eigenvalue weighted by Gasteiger charge is -2.24. The number of aliphatic hydroxyl groups excluding tert-OH is 1. The van der Waals surface area contributed by atoms with Gasteiger partial charge in [-0.25, -0.2) is 4.57 Å². The Labute approximate surface area is 225 Å². The van der Waals surface area contributed by atoms with Gasteiger partial charge in [0.2, 0.25) is 0 Å². The van der Waals surface area contributed by atoms with E-state index in [1.165, 1.54) is 25.7 Å². The third-order valence-electron chi connectivity index (χ3n) is 5.46. The summed E-state index contributed by atoms with van der Waals surface area (Å²) in [7, 11) is 1.53. The highest BCUT2D eigenvalue weighted by Crippen LogP contribution is 2.43. The smallest absolute Gasteiger partial charge is 0.457 e. The second kappa shape index (κ2) is 22.7. The van der Waals surface area contributed by atoms with Crippen LogP contribution in [0.4, 0.5) is 0 Å². The molecule has 0 bridgehead atoms. The number of phosphoric ester groups is 1. The number of quaternary nitrogens is 1. The molecule has 0 aromatic rings. The Morgan fingerprint density at radius 1 is 0.865 bits per heavy atom. The van der Waals surface area contributed by atoms with Crippen molar-refractivity contribution in [3.05, 3.63) is 36.5 Å². The summed E-state index contributed by atoms with van der Waals surface area (Å²) in [5.74, 6) is -0.455. The molecule has 0 amide bonds. The molecule has 2 atom stereocenters. The van der Waals surface area contributed by atoms with E-state index < -0.39 is 33.1 Å². The van der Waals surface area contributed by atoms with Gasteiger partial charge >= 0.3 is 13.8 Å². The highest BCUT2D eigenvalue weighted by Gasteiger charge is 2.25. The largest absolute Gasteiger partial charge is 0.472 e. The maximum absolute atomic E-state index is 12.0. The summed E-state index contributed by atoms with van der Waals surface area (Å²) in [6.07, 6.45) is 24.3. The minimum Gasteiger partial charge on any atom is -0.457 e. The van der Waals surface area contributed by atoms with Gasteiger partial charge in [0.25, 0.3) is 0 Å². The molecule has 0 rings (SSSR count). The average Bonchev–Trinajstić information content (AvgIpc) is 2.82. The van der Waals surface area contributed by atoms with Crippen molar-refractivity contribution in [1.82, 2.24) is 0 Å². The van der Waals surface area contributed by atoms with E-state index in [0.717, 1.165) is 38.5 Å². The first kappa shape index (κ1) is 35.7. The number of aliphatic hydroxyl groups is 1. The number of unbranched alkanes of at least 4 members (excludes halogenated alkanes) is 7. The first-order valence-electron chi connectivity index (χ1n) is 13.8. The lowest BCUT2D eigenvalue weighted by atomic mass is 10.1. The fraction of sp³-hybridized carbons (Fsp3) is 0.750. The fourth-order valence-corrected chi connectivity index (χ4v) is 3.93. The van der Waals surface area contributed by atoms with Crippen molar-refractivity contribution in [3.63, 3.8) is 0 Å². The van der Waals surface area contributed by atoms with Crippen LogP contribution in [0.2, 0.25) is 0 Å². The molecule has 0 spiro atoms. The lowest BCUT2D eigenvalue weighted by Crippen LogP contribution is -2.37. The van der Waals surface area contributed by atoms with Crippen molar-refractivity contribution in [2.75, 3.05) is 47.5 Å². The molecule has 0 fully saturated rings. The molecule has 0 aliphatic heterocycles. The Morgan fingerprint density at radius 2 is 1.43 bits per heavy atom. The molecular weight excluding hydrogens is 493 g/mol. The van der Waals surface area contributed by atoms with E-state index >= 15 is 0 Å². The second-order valence-electron chi connectivity index (χ2n) is 10.2. The van der Waals surface area contributed by atoms with Crippen LogP contribution in [-0.4, -0.2) is 74.1 Å². The van der Waals surface area contributed by atoms with Gasteiger partial charge in [0.1, 0.15) is 19.3 Å². The quantitative estimate of drug-likeness (QED) is 0.0496. The van der Waals surface area contributed by atoms with Crippen LogP contribution in [0.15, 0.2) is 36.5 Å². The van der Waals surface area contributed by atoms with Crippen LogP contribution in [-0.2, 0) is 23.1 Å². The van der Waals surface area contributed by atoms with E-state index in [1.54, 1.807) is 0 Å². The van der Waals surface area contributed by atoms with Crippen molar-refractivity contribution in [1.29, 1.82) is 0 Å². The zero-order chi connectivity index (χ0) is 27.8. The zero-order valence-electron chi connectivity index (χ0n) is 23.7. The monoisotopic (exact) mass is 546 g/mol. The number of allylic oxidation sites excluding steroid dienone is 6. The van der Waals surface area contributed by atoms with Crippen LogP contribution in [0, 0.1) is 0 Å². The Hall–Kier alpha value is -1.28. The highest BCUT2D eigenvalue weighted by molar-refractivity contribution is 7.47. The molecule has 0 heterocycles. The number of carbonyl (C=O) groups excluding carboxylic acids is 1. The molecule has 0 aliphatic rings. The van der Waals surface area contributed by atoms with Crippen LogP contribution in [0.25, 0.3) is 0 Å². The van der Waals surface area contributed by atoms with Crippen molar-refractivity contribution in [2.45, 2.75) is 90.1 Å². The third-order valence-corrected chi connectivity index (χ3v) is 6.45. The van der Waals surface area contributed by atoms with Gasteiger partial charge in [-0.1, -0.05) is 69.1 Å². The van der Waals surface area contributed by atoms with Crippen LogP contribution < -0.4 is 0 Å². The van der Waals surface area contributed by atoms with Gasteiger partial charge in [-0.3, -0.25) is 13.8 Å². The van der Waals surface area contributed by atoms with Crippen LogP contribution >= 0.6 is 7.82 Å². The first-order valence-corrected chi connectivity index (χ1v) is 15.3. The maximum Gasteiger partial charge on any atom is 0.472 e. The molecule has 216 valence electrons. The Morgan fingerprint density at radius 3 is 2.00 bits per heavy atom. The number of likely N-dealkylation sites (N-methyl/N-ethyl adjacent to an activating group) is 1. The SMILES string of the molecule is CCCCC/C=C\C/C=C\C/C=C\CCCCCCC(=O)O[C@H](CO)COP(=O)(O)OCC[N+](C)(C)C. The number of ether oxygens (including phenoxy) is 1. The number of hydrogen-bond donors (Lipinski definition) is 2. The topological polar surface area (TPSA) is 102 Å². The minimum atomic E-state index is -4.27. The van der Waals surface area contributed by atoms with E-state index in [1.807, 2.05) is 21.1 Å². The van der Waals surface area contributed by atoms with Gasteiger partial charge in [0.15, 0.2) is 0 Å². The second-order valence-corrected chi connectivity index (χ2v) is 11.7. The molecule has 0 aromatic carbocycles. The predicted molar refractivity (Wildman–Crippen MR) is 150 cm³/mol. The summed E-state index contributed by atoms with van der Waals surface area (Å²) in [5, 5.41) is 9.39. The molecule has 9 heteroatoms. The molecule has 2 N–H and O–H groups in total. The molecule has 0 radical (unpaired) electrons. The number of esters is 1. The normalized spacial score (nSPS) is 15.1. The third kappa shape index (κ3) is 26.1. The number of rotatable bonds is 24. The summed E-state index contributed by atoms with van der Waals surface area (Å²) in [6.45, 7) is 1.89. The maximum atomic E-state index is 12.0. The van der Waals surface area contributed by atoms with E-state index in [-0.39, 0.29) is 13.0 Å². The van der Waals surface area contributed by atoms with Gasteiger partial charge in [-0.15, -0.1) is 0 Å². The summed E-state index contributed by atoms with van der Waals surface area (Å²) >= 11 is 0. The fourth-order valence-electron chi connectivity index (χ4n) is 3.19. The number of phosphoric acid groups is 1. The number of carbonyl (C=O) groups is 1. The van der Waals surface area contributed by atoms with Gasteiger partial charge in [0, 0.05) is 6.42 Å². The first-order chi connectivity index (χ1) is 17.6. The standard InChI is InChI=1S/C28H52NO7P/c1-5-6-7-8-9-10-11-12-13-14-15-16-17-18-19-20-21-22-28(31)36-27(25-30)26-35-37(32,33)34-24-23-29(2,3)4/h9-10,12-13,15-16,27,30H,5-8,11,14,17-26H2,1-4H3/p+1/b10-9-,13-12-,16-15-/t27-/m1/s1. The number of nitrogens with zero attached hydrogens (tertiary/aromatic N) is 1. The molecule has 0 saturated heterocycles. The Bertz CT molecular complexity index is 701. The summed E-state index contributed by atoms with van der Waals surface area (Å²) < 4.78 is 27.4. The van der Waals surface area contributed by atoms with Crippen LogP contribution in [0.5, 0.6) is 0 Å². The molecule has 0 saturated carbocycles. The Kier molecular flexibility index (Phi) is 21.9. The van der Waals surface area contributed by atoms with Gasteiger partial charge in [-0.2, -0.15) is 0 Å². The van der Waals surface area contributed by atoms with Gasteiger partial charge in [-0.05, 0) is 44.9 Å². The number of hydrogen-bond acceptors (Lipinski definition) is 6. The molecule has 0 aliphatic carbocycles. The van der Waals surface area contributed by atoms with Crippen LogP contribution in [0.1, 0.15) is 84.0 Å². The molecule has 37 heavy (non-hydrogen) atoms. The molecular formula is C28H53NO7P+. The summed E-state index contributed by atoms with van der Waals surface area (Å²) in [6, 6.07) is 0. The zero-order valence-corrected chi connectivity index (χ0v) is 24.6. The average molecular weight is 547 g/mol. The molecule has 8 nitrogen and oxygen atoms in total. The van der Waals surface area contributed by atoms with Crippen molar-refractivity contribution >= 4 is 13.8 Å². The Balaban J connectivity index is 3.81. The summed E-state index contributed by atoms with van der Waals surface area (Å²) in [5.41, 5.74) is 0. The van der Waals surface area contributed by atoms with E-state index in [4.69, 9.17) is 13.8 Å². The van der Waals surface area contributed by atoms with E-state index in [0.29, 0.717) is 17.4 Å². The van der Waals surface area contributed by atoms with Crippen molar-refractivity contribution in [2.24, 2.45) is 0 Å². The highest BCUT2D eigenvalue weighted by atomic mass is 31.2. The van der Waals surface area contributed by atoms with Crippen molar-refractivity contribution in [3.8, 4) is 0 Å². The summed E-state index contributed by atoms with van der Waals surface area (Å²) in [4.78, 5) is 21.7. The van der Waals surface area contributed by atoms with Gasteiger partial charge in [0.05, 0.1) is 34.4 Å². The predicted octanol–water partition coefficient (Wildman–Crippen LogP) is 6.10. The lowest BCUT2D eigenvalue weighted by molar-refractivity contribution is -0.870. The van der Waals surface area contributed by atoms with Crippen molar-refractivity contribution < 1.29 is 37.6 Å². The van der Waals surface area contributed by atoms with E-state index in [2.05, 4.69) is 43.4 Å². The minimum absolute atomic E-state index is 0.0464. The van der Waals surface area contributed by atoms with E-state index in [9.17, 15) is 19.4 Å².